The number of rotatable bonds is 9. The van der Waals surface area contributed by atoms with E-state index >= 15 is 0 Å². The Morgan fingerprint density at radius 2 is 1.83 bits per heavy atom. The monoisotopic (exact) mass is 337 g/mol. The molecule has 0 fully saturated rings. The van der Waals surface area contributed by atoms with Crippen LogP contribution in [0.5, 0.6) is 5.75 Å². The Hall–Kier alpha value is -1.89. The number of carbonyl (C=O) groups excluding carboxylic acids is 1. The number of hydrogen-bond donors (Lipinski definition) is 1. The largest absolute Gasteiger partial charge is 0.497 e. The van der Waals surface area contributed by atoms with E-state index in [0.717, 1.165) is 16.4 Å². The van der Waals surface area contributed by atoms with Gasteiger partial charge in [-0.1, -0.05) is 31.2 Å². The number of aliphatic hydroxyl groups is 1. The Morgan fingerprint density at radius 1 is 1.21 bits per heavy atom. The highest BCUT2D eigenvalue weighted by atomic mass is 16.7. The summed E-state index contributed by atoms with van der Waals surface area (Å²) in [7, 11) is 4.54. The maximum atomic E-state index is 11.9. The van der Waals surface area contributed by atoms with Crippen molar-refractivity contribution in [2.45, 2.75) is 32.7 Å². The van der Waals surface area contributed by atoms with Gasteiger partial charge in [0.15, 0.2) is 0 Å². The third-order valence-electron chi connectivity index (χ3n) is 3.74. The molecule has 1 N–H and O–H groups in total. The van der Waals surface area contributed by atoms with E-state index in [-0.39, 0.29) is 12.0 Å². The first kappa shape index (κ1) is 20.2. The van der Waals surface area contributed by atoms with Crippen molar-refractivity contribution >= 4 is 5.91 Å². The van der Waals surface area contributed by atoms with Gasteiger partial charge in [-0.25, -0.2) is 5.06 Å². The molecule has 0 heterocycles. The SMILES string of the molecule is COc1ccc(COC(C)/C=C/[C@H](O)[C@@H](C)C(=O)N(C)OC)cc1. The van der Waals surface area contributed by atoms with E-state index in [9.17, 15) is 9.90 Å². The van der Waals surface area contributed by atoms with Crippen molar-refractivity contribution in [1.82, 2.24) is 5.06 Å². The van der Waals surface area contributed by atoms with Crippen LogP contribution in [0.15, 0.2) is 36.4 Å². The van der Waals surface area contributed by atoms with Crippen LogP contribution in [-0.2, 0) is 21.0 Å². The van der Waals surface area contributed by atoms with Crippen LogP contribution in [0.4, 0.5) is 0 Å². The molecule has 3 atom stereocenters. The second kappa shape index (κ2) is 10.1. The number of ether oxygens (including phenoxy) is 2. The van der Waals surface area contributed by atoms with Crippen LogP contribution in [0.25, 0.3) is 0 Å². The summed E-state index contributed by atoms with van der Waals surface area (Å²) >= 11 is 0. The smallest absolute Gasteiger partial charge is 0.251 e. The molecule has 0 aromatic heterocycles. The standard InChI is InChI=1S/C18H27NO5/c1-13(24-12-15-7-9-16(22-4)10-8-15)6-11-17(20)14(2)18(21)19(3)23-5/h6-11,13-14,17,20H,12H2,1-5H3/b11-6+/t13?,14-,17+/m1/s1. The highest BCUT2D eigenvalue weighted by molar-refractivity contribution is 5.78. The van der Waals surface area contributed by atoms with E-state index in [2.05, 4.69) is 0 Å². The van der Waals surface area contributed by atoms with Crippen LogP contribution >= 0.6 is 0 Å². The Morgan fingerprint density at radius 3 is 2.38 bits per heavy atom. The summed E-state index contributed by atoms with van der Waals surface area (Å²) in [6.45, 7) is 3.97. The summed E-state index contributed by atoms with van der Waals surface area (Å²) in [5.74, 6) is -0.0871. The zero-order valence-corrected chi connectivity index (χ0v) is 14.9. The number of benzene rings is 1. The molecule has 0 radical (unpaired) electrons. The van der Waals surface area contributed by atoms with Crippen LogP contribution in [0, 0.1) is 5.92 Å². The molecule has 0 saturated heterocycles. The molecule has 6 nitrogen and oxygen atoms in total. The molecule has 0 spiro atoms. The maximum absolute atomic E-state index is 11.9. The predicted octanol–water partition coefficient (Wildman–Crippen LogP) is 2.17. The molecule has 24 heavy (non-hydrogen) atoms. The van der Waals surface area contributed by atoms with Crippen molar-refractivity contribution < 1.29 is 24.2 Å². The van der Waals surface area contributed by atoms with Crippen LogP contribution < -0.4 is 4.74 Å². The van der Waals surface area contributed by atoms with Gasteiger partial charge in [0.2, 0.25) is 0 Å². The molecule has 134 valence electrons. The van der Waals surface area contributed by atoms with Gasteiger partial charge in [0, 0.05) is 7.05 Å². The minimum atomic E-state index is -0.901. The average molecular weight is 337 g/mol. The first-order chi connectivity index (χ1) is 11.4. The summed E-state index contributed by atoms with van der Waals surface area (Å²) in [6.07, 6.45) is 2.22. The van der Waals surface area contributed by atoms with Crippen molar-refractivity contribution in [3.63, 3.8) is 0 Å². The number of hydroxylamine groups is 2. The fraction of sp³-hybridized carbons (Fsp3) is 0.500. The third-order valence-corrected chi connectivity index (χ3v) is 3.74. The number of carbonyl (C=O) groups is 1. The van der Waals surface area contributed by atoms with Gasteiger partial charge in [0.1, 0.15) is 5.75 Å². The molecule has 0 bridgehead atoms. The Bertz CT molecular complexity index is 529. The van der Waals surface area contributed by atoms with E-state index in [1.54, 1.807) is 26.2 Å². The summed E-state index contributed by atoms with van der Waals surface area (Å²) < 4.78 is 10.8. The lowest BCUT2D eigenvalue weighted by Gasteiger charge is -2.21. The highest BCUT2D eigenvalue weighted by Crippen LogP contribution is 2.13. The molecular formula is C18H27NO5. The minimum absolute atomic E-state index is 0.191. The lowest BCUT2D eigenvalue weighted by Crippen LogP contribution is -2.36. The van der Waals surface area contributed by atoms with Crippen molar-refractivity contribution in [1.29, 1.82) is 0 Å². The Kier molecular flexibility index (Phi) is 8.46. The van der Waals surface area contributed by atoms with E-state index < -0.39 is 12.0 Å². The second-order valence-electron chi connectivity index (χ2n) is 5.55. The van der Waals surface area contributed by atoms with Gasteiger partial charge in [0.25, 0.3) is 5.91 Å². The summed E-state index contributed by atoms with van der Waals surface area (Å²) in [5.41, 5.74) is 1.03. The number of hydrogen-bond acceptors (Lipinski definition) is 5. The summed E-state index contributed by atoms with van der Waals surface area (Å²) in [6, 6.07) is 7.63. The fourth-order valence-electron chi connectivity index (χ4n) is 1.96. The summed E-state index contributed by atoms with van der Waals surface area (Å²) in [4.78, 5) is 16.7. The normalized spacial score (nSPS) is 15.1. The van der Waals surface area contributed by atoms with Gasteiger partial charge in [-0.15, -0.1) is 0 Å². The number of amides is 1. The van der Waals surface area contributed by atoms with Crippen molar-refractivity contribution in [3.8, 4) is 5.75 Å². The van der Waals surface area contributed by atoms with Gasteiger partial charge in [-0.2, -0.15) is 0 Å². The predicted molar refractivity (Wildman–Crippen MR) is 91.3 cm³/mol. The topological polar surface area (TPSA) is 68.2 Å². The van der Waals surface area contributed by atoms with Crippen LogP contribution in [0.3, 0.4) is 0 Å². The Labute approximate surface area is 143 Å². The fourth-order valence-corrected chi connectivity index (χ4v) is 1.96. The van der Waals surface area contributed by atoms with Gasteiger partial charge >= 0.3 is 0 Å². The molecule has 1 unspecified atom stereocenters. The molecular weight excluding hydrogens is 310 g/mol. The second-order valence-corrected chi connectivity index (χ2v) is 5.55. The van der Waals surface area contributed by atoms with Gasteiger partial charge in [0.05, 0.1) is 39.0 Å². The van der Waals surface area contributed by atoms with Crippen molar-refractivity contribution in [3.05, 3.63) is 42.0 Å². The quantitative estimate of drug-likeness (QED) is 0.552. The van der Waals surface area contributed by atoms with Gasteiger partial charge in [-0.3, -0.25) is 9.63 Å². The molecule has 1 aromatic rings. The number of aliphatic hydroxyl groups excluding tert-OH is 1. The van der Waals surface area contributed by atoms with E-state index in [4.69, 9.17) is 14.3 Å². The van der Waals surface area contributed by atoms with Crippen LogP contribution in [0.2, 0.25) is 0 Å². The van der Waals surface area contributed by atoms with E-state index in [1.165, 1.54) is 14.2 Å². The van der Waals surface area contributed by atoms with Crippen LogP contribution in [0.1, 0.15) is 19.4 Å². The number of methoxy groups -OCH3 is 1. The molecule has 0 aliphatic carbocycles. The number of nitrogens with zero attached hydrogens (tertiary/aromatic N) is 1. The van der Waals surface area contributed by atoms with E-state index in [0.29, 0.717) is 6.61 Å². The van der Waals surface area contributed by atoms with E-state index in [1.807, 2.05) is 31.2 Å². The molecule has 0 aliphatic rings. The molecule has 1 aromatic carbocycles. The van der Waals surface area contributed by atoms with Gasteiger partial charge in [-0.05, 0) is 24.6 Å². The van der Waals surface area contributed by atoms with Crippen LogP contribution in [-0.4, -0.2) is 49.6 Å². The summed E-state index contributed by atoms with van der Waals surface area (Å²) in [5, 5.41) is 11.2. The molecule has 0 saturated carbocycles. The Balaban J connectivity index is 2.46. The molecule has 1 rings (SSSR count). The third kappa shape index (κ3) is 6.31. The first-order valence-electron chi connectivity index (χ1n) is 7.81. The molecule has 0 aliphatic heterocycles. The average Bonchev–Trinajstić information content (AvgIpc) is 2.62. The first-order valence-corrected chi connectivity index (χ1v) is 7.81. The lowest BCUT2D eigenvalue weighted by molar-refractivity contribution is -0.175. The lowest BCUT2D eigenvalue weighted by atomic mass is 10.0. The molecule has 6 heteroatoms. The highest BCUT2D eigenvalue weighted by Gasteiger charge is 2.23. The van der Waals surface area contributed by atoms with Gasteiger partial charge < -0.3 is 14.6 Å². The maximum Gasteiger partial charge on any atom is 0.251 e. The van der Waals surface area contributed by atoms with Crippen molar-refractivity contribution in [2.24, 2.45) is 5.92 Å². The minimum Gasteiger partial charge on any atom is -0.497 e. The zero-order valence-electron chi connectivity index (χ0n) is 14.9. The zero-order chi connectivity index (χ0) is 18.1. The van der Waals surface area contributed by atoms with Crippen molar-refractivity contribution in [2.75, 3.05) is 21.3 Å². The molecule has 1 amide bonds.